The molecule has 1 heterocycles. The van der Waals surface area contributed by atoms with Crippen molar-refractivity contribution in [2.24, 2.45) is 0 Å². The molecule has 1 unspecified atom stereocenters. The fourth-order valence-electron chi connectivity index (χ4n) is 1.46. The first kappa shape index (κ1) is 12.2. The van der Waals surface area contributed by atoms with Gasteiger partial charge >= 0.3 is 0 Å². The van der Waals surface area contributed by atoms with Crippen molar-refractivity contribution < 1.29 is 0 Å². The van der Waals surface area contributed by atoms with E-state index < -0.39 is 9.17 Å². The zero-order valence-electron chi connectivity index (χ0n) is 7.92. The third-order valence-corrected chi connectivity index (χ3v) is 2.98. The molecule has 0 aliphatic heterocycles. The topological polar surface area (TPSA) is 41.6 Å². The van der Waals surface area contributed by atoms with Crippen molar-refractivity contribution in [1.29, 1.82) is 0 Å². The number of benzene rings is 1. The summed E-state index contributed by atoms with van der Waals surface area (Å²) in [6, 6.07) is 5.52. The summed E-state index contributed by atoms with van der Waals surface area (Å²) in [6.45, 7) is 0. The molecule has 7 heteroatoms. The summed E-state index contributed by atoms with van der Waals surface area (Å²) >= 11 is 23.3. The number of alkyl halides is 4. The van der Waals surface area contributed by atoms with Gasteiger partial charge in [0.25, 0.3) is 0 Å². The number of rotatable bonds is 2. The number of nitrogens with one attached hydrogen (secondary N) is 1. The van der Waals surface area contributed by atoms with E-state index in [1.807, 2.05) is 18.2 Å². The molecule has 0 aliphatic rings. The molecule has 0 spiro atoms. The van der Waals surface area contributed by atoms with E-state index in [1.54, 1.807) is 0 Å². The average Bonchev–Trinajstić information content (AvgIpc) is 2.61. The number of aromatic nitrogens is 3. The van der Waals surface area contributed by atoms with E-state index in [1.165, 1.54) is 0 Å². The molecule has 1 atom stereocenters. The van der Waals surface area contributed by atoms with Crippen LogP contribution in [-0.4, -0.2) is 19.2 Å². The lowest BCUT2D eigenvalue weighted by Crippen LogP contribution is -2.06. The molecule has 2 aromatic rings. The molecule has 0 saturated carbocycles. The van der Waals surface area contributed by atoms with Crippen LogP contribution in [0.25, 0.3) is 11.0 Å². The van der Waals surface area contributed by atoms with Gasteiger partial charge in [-0.1, -0.05) is 46.9 Å². The molecule has 0 saturated heterocycles. The highest BCUT2D eigenvalue weighted by Gasteiger charge is 2.26. The highest BCUT2D eigenvalue weighted by atomic mass is 35.6. The van der Waals surface area contributed by atoms with Crippen LogP contribution in [0.1, 0.15) is 17.4 Å². The van der Waals surface area contributed by atoms with Gasteiger partial charge in [0, 0.05) is 6.42 Å². The van der Waals surface area contributed by atoms with E-state index in [4.69, 9.17) is 46.4 Å². The lowest BCUT2D eigenvalue weighted by Gasteiger charge is -2.15. The van der Waals surface area contributed by atoms with Gasteiger partial charge in [0.05, 0.1) is 5.38 Å². The smallest absolute Gasteiger partial charge is 0.192 e. The highest BCUT2D eigenvalue weighted by Crippen LogP contribution is 2.40. The Morgan fingerprint density at radius 3 is 2.69 bits per heavy atom. The molecule has 1 N–H and O–H groups in total. The van der Waals surface area contributed by atoms with Gasteiger partial charge in [-0.05, 0) is 11.6 Å². The van der Waals surface area contributed by atoms with Gasteiger partial charge in [-0.2, -0.15) is 15.4 Å². The summed E-state index contributed by atoms with van der Waals surface area (Å²) in [5.41, 5.74) is 2.25. The minimum atomic E-state index is -1.38. The normalized spacial score (nSPS) is 14.2. The Bertz CT molecular complexity index is 491. The van der Waals surface area contributed by atoms with E-state index in [-0.39, 0.29) is 6.42 Å². The number of aromatic amines is 1. The Balaban J connectivity index is 2.36. The first-order valence-electron chi connectivity index (χ1n) is 4.47. The molecular weight excluding hydrogens is 292 g/mol. The van der Waals surface area contributed by atoms with Gasteiger partial charge in [0.1, 0.15) is 11.0 Å². The van der Waals surface area contributed by atoms with Crippen LogP contribution in [0.15, 0.2) is 18.2 Å². The summed E-state index contributed by atoms with van der Waals surface area (Å²) in [5.74, 6) is 0. The van der Waals surface area contributed by atoms with E-state index in [0.29, 0.717) is 5.52 Å². The Morgan fingerprint density at radius 2 is 2.00 bits per heavy atom. The average molecular weight is 299 g/mol. The monoisotopic (exact) mass is 297 g/mol. The van der Waals surface area contributed by atoms with E-state index in [0.717, 1.165) is 11.1 Å². The summed E-state index contributed by atoms with van der Waals surface area (Å²) < 4.78 is -1.38. The molecule has 0 aliphatic carbocycles. The lowest BCUT2D eigenvalue weighted by atomic mass is 10.1. The second-order valence-corrected chi connectivity index (χ2v) is 6.37. The van der Waals surface area contributed by atoms with Crippen LogP contribution in [0.3, 0.4) is 0 Å². The molecule has 2 rings (SSSR count). The molecule has 0 radical (unpaired) electrons. The maximum atomic E-state index is 6.19. The molecule has 86 valence electrons. The molecule has 0 amide bonds. The summed E-state index contributed by atoms with van der Waals surface area (Å²) in [7, 11) is 0. The van der Waals surface area contributed by atoms with Crippen LogP contribution in [0.2, 0.25) is 0 Å². The van der Waals surface area contributed by atoms with Gasteiger partial charge in [0.15, 0.2) is 3.79 Å². The molecule has 0 bridgehead atoms. The van der Waals surface area contributed by atoms with Crippen molar-refractivity contribution in [2.75, 3.05) is 0 Å². The fraction of sp³-hybridized carbons (Fsp3) is 0.333. The zero-order valence-corrected chi connectivity index (χ0v) is 10.9. The van der Waals surface area contributed by atoms with Crippen molar-refractivity contribution in [3.63, 3.8) is 0 Å². The summed E-state index contributed by atoms with van der Waals surface area (Å²) in [5, 5.41) is 10.1. The largest absolute Gasteiger partial charge is 0.197 e. The van der Waals surface area contributed by atoms with Crippen molar-refractivity contribution in [1.82, 2.24) is 15.4 Å². The second-order valence-electron chi connectivity index (χ2n) is 3.33. The Kier molecular flexibility index (Phi) is 3.50. The van der Waals surface area contributed by atoms with E-state index in [9.17, 15) is 0 Å². The number of para-hydroxylation sites is 1. The van der Waals surface area contributed by atoms with Crippen LogP contribution >= 0.6 is 46.4 Å². The Hall–Kier alpha value is -0.220. The third kappa shape index (κ3) is 2.72. The first-order chi connectivity index (χ1) is 7.47. The maximum Gasteiger partial charge on any atom is 0.192 e. The predicted molar refractivity (Wildman–Crippen MR) is 67.4 cm³/mol. The van der Waals surface area contributed by atoms with Gasteiger partial charge in [-0.15, -0.1) is 11.6 Å². The molecular formula is C9H7Cl4N3. The van der Waals surface area contributed by atoms with E-state index in [2.05, 4.69) is 15.4 Å². The molecule has 16 heavy (non-hydrogen) atoms. The molecule has 3 nitrogen and oxygen atoms in total. The minimum Gasteiger partial charge on any atom is -0.197 e. The zero-order chi connectivity index (χ0) is 11.8. The van der Waals surface area contributed by atoms with Crippen molar-refractivity contribution in [2.45, 2.75) is 15.6 Å². The van der Waals surface area contributed by atoms with Crippen LogP contribution in [0, 0.1) is 0 Å². The summed E-state index contributed by atoms with van der Waals surface area (Å²) in [4.78, 5) is 0. The van der Waals surface area contributed by atoms with Crippen LogP contribution in [-0.2, 0) is 0 Å². The van der Waals surface area contributed by atoms with Crippen molar-refractivity contribution >= 4 is 57.4 Å². The number of fused-ring (bicyclic) bond motifs is 1. The number of hydrogen-bond donors (Lipinski definition) is 1. The highest BCUT2D eigenvalue weighted by molar-refractivity contribution is 6.67. The quantitative estimate of drug-likeness (QED) is 0.852. The lowest BCUT2D eigenvalue weighted by molar-refractivity contribution is 0.823. The molecule has 1 aromatic heterocycles. The fourth-order valence-corrected chi connectivity index (χ4v) is 2.56. The summed E-state index contributed by atoms with van der Waals surface area (Å²) in [6.07, 6.45) is 0.213. The third-order valence-electron chi connectivity index (χ3n) is 2.13. The van der Waals surface area contributed by atoms with Crippen molar-refractivity contribution in [3.8, 4) is 0 Å². The van der Waals surface area contributed by atoms with Crippen LogP contribution in [0.5, 0.6) is 0 Å². The number of halogens is 4. The Morgan fingerprint density at radius 1 is 1.25 bits per heavy atom. The van der Waals surface area contributed by atoms with Crippen LogP contribution < -0.4 is 0 Å². The second kappa shape index (κ2) is 4.57. The number of H-pyrrole nitrogens is 1. The standard InChI is InChI=1S/C9H7Cl4N3/c10-6(4-9(11,12)13)5-2-1-3-7-8(5)15-16-14-7/h1-3,6H,4H2,(H,14,15,16). The van der Waals surface area contributed by atoms with Crippen molar-refractivity contribution in [3.05, 3.63) is 23.8 Å². The first-order valence-corrected chi connectivity index (χ1v) is 6.04. The molecule has 1 aromatic carbocycles. The van der Waals surface area contributed by atoms with Gasteiger partial charge < -0.3 is 0 Å². The van der Waals surface area contributed by atoms with Gasteiger partial charge in [-0.25, -0.2) is 0 Å². The Labute approximate surface area is 112 Å². The number of nitrogens with zero attached hydrogens (tertiary/aromatic N) is 2. The minimum absolute atomic E-state index is 0.213. The number of hydrogen-bond acceptors (Lipinski definition) is 2. The van der Waals surface area contributed by atoms with E-state index >= 15 is 0 Å². The van der Waals surface area contributed by atoms with Crippen LogP contribution in [0.4, 0.5) is 0 Å². The maximum absolute atomic E-state index is 6.19. The predicted octanol–water partition coefficient (Wildman–Crippen LogP) is 4.00. The van der Waals surface area contributed by atoms with Gasteiger partial charge in [0.2, 0.25) is 0 Å². The van der Waals surface area contributed by atoms with Gasteiger partial charge in [-0.3, -0.25) is 0 Å². The SMILES string of the molecule is ClC(CC(Cl)(Cl)Cl)c1cccc2n[nH]nc12. The molecule has 0 fully saturated rings.